The lowest BCUT2D eigenvalue weighted by Crippen LogP contribution is -2.17. The second-order valence-corrected chi connectivity index (χ2v) is 8.00. The predicted molar refractivity (Wildman–Crippen MR) is 116 cm³/mol. The molecule has 31 heavy (non-hydrogen) atoms. The van der Waals surface area contributed by atoms with Crippen LogP contribution in [0.4, 0.5) is 10.2 Å². The molecule has 0 saturated heterocycles. The number of carbonyl (C=O) groups is 1. The van der Waals surface area contributed by atoms with Gasteiger partial charge in [0.2, 0.25) is 11.1 Å². The number of hydrogen-bond donors (Lipinski definition) is 1. The first-order valence-corrected chi connectivity index (χ1v) is 10.5. The summed E-state index contributed by atoms with van der Waals surface area (Å²) < 4.78 is 16.4. The number of nitrogens with zero attached hydrogens (tertiary/aromatic N) is 6. The molecule has 2 aromatic heterocycles. The third-order valence-corrected chi connectivity index (χ3v) is 5.44. The first kappa shape index (κ1) is 20.7. The van der Waals surface area contributed by atoms with Crippen LogP contribution in [0.5, 0.6) is 0 Å². The maximum Gasteiger partial charge on any atom is 0.236 e. The Morgan fingerprint density at radius 3 is 2.58 bits per heavy atom. The zero-order valence-corrected chi connectivity index (χ0v) is 18.0. The highest BCUT2D eigenvalue weighted by molar-refractivity contribution is 7.99. The minimum absolute atomic E-state index is 0.110. The Hall–Kier alpha value is -3.53. The molecule has 0 spiro atoms. The maximum absolute atomic E-state index is 13.2. The summed E-state index contributed by atoms with van der Waals surface area (Å²) in [7, 11) is 0. The average molecular weight is 438 g/mol. The van der Waals surface area contributed by atoms with Gasteiger partial charge >= 0.3 is 0 Å². The van der Waals surface area contributed by atoms with Crippen LogP contribution in [-0.4, -0.2) is 41.6 Å². The summed E-state index contributed by atoms with van der Waals surface area (Å²) in [5.74, 6) is 0.0436. The summed E-state index contributed by atoms with van der Waals surface area (Å²) >= 11 is 1.23. The van der Waals surface area contributed by atoms with Gasteiger partial charge in [-0.3, -0.25) is 4.79 Å². The smallest absolute Gasteiger partial charge is 0.236 e. The number of nitrogens with one attached hydrogen (secondary N) is 1. The molecular weight excluding hydrogens is 417 g/mol. The van der Waals surface area contributed by atoms with E-state index in [0.717, 1.165) is 22.5 Å². The molecule has 10 heteroatoms. The van der Waals surface area contributed by atoms with E-state index in [9.17, 15) is 9.18 Å². The second-order valence-electron chi connectivity index (χ2n) is 7.06. The molecule has 0 radical (unpaired) electrons. The summed E-state index contributed by atoms with van der Waals surface area (Å²) in [4.78, 5) is 12.6. The van der Waals surface area contributed by atoms with Crippen LogP contribution >= 0.6 is 11.8 Å². The predicted octanol–water partition coefficient (Wildman–Crippen LogP) is 3.64. The first-order valence-electron chi connectivity index (χ1n) is 9.52. The summed E-state index contributed by atoms with van der Waals surface area (Å²) in [6.07, 6.45) is 0. The Kier molecular flexibility index (Phi) is 5.81. The van der Waals surface area contributed by atoms with Crippen molar-refractivity contribution in [3.05, 3.63) is 71.2 Å². The number of carbonyl (C=O) groups excluding carboxylic acids is 1. The number of tetrazole rings is 1. The van der Waals surface area contributed by atoms with Crippen LogP contribution in [0.3, 0.4) is 0 Å². The first-order chi connectivity index (χ1) is 14.9. The topological polar surface area (TPSA) is 90.5 Å². The van der Waals surface area contributed by atoms with E-state index in [0.29, 0.717) is 16.7 Å². The summed E-state index contributed by atoms with van der Waals surface area (Å²) in [6.45, 7) is 5.83. The van der Waals surface area contributed by atoms with Gasteiger partial charge in [-0.25, -0.2) is 9.07 Å². The summed E-state index contributed by atoms with van der Waals surface area (Å²) in [5, 5.41) is 19.6. The van der Waals surface area contributed by atoms with Gasteiger partial charge in [-0.2, -0.15) is 9.78 Å². The van der Waals surface area contributed by atoms with Gasteiger partial charge in [0, 0.05) is 6.07 Å². The van der Waals surface area contributed by atoms with E-state index >= 15 is 0 Å². The van der Waals surface area contributed by atoms with E-state index in [2.05, 4.69) is 32.0 Å². The van der Waals surface area contributed by atoms with Crippen LogP contribution in [0.25, 0.3) is 11.4 Å². The SMILES string of the molecule is Cc1ccc(-n2nnnc2SCC(=O)Nc2cc(C)nn2-c2ccc(F)cc2)c(C)c1. The van der Waals surface area contributed by atoms with Gasteiger partial charge in [0.25, 0.3) is 0 Å². The summed E-state index contributed by atoms with van der Waals surface area (Å²) in [5.41, 5.74) is 4.43. The van der Waals surface area contributed by atoms with Crippen LogP contribution in [-0.2, 0) is 4.79 Å². The van der Waals surface area contributed by atoms with Crippen molar-refractivity contribution in [1.29, 1.82) is 0 Å². The third-order valence-electron chi connectivity index (χ3n) is 4.52. The van der Waals surface area contributed by atoms with Gasteiger partial charge in [0.05, 0.1) is 22.8 Å². The molecule has 0 aliphatic heterocycles. The number of hydrogen-bond acceptors (Lipinski definition) is 6. The molecule has 0 saturated carbocycles. The fraction of sp³-hybridized carbons (Fsp3) is 0.190. The standard InChI is InChI=1S/C21H20FN7OS/c1-13-4-9-18(14(2)10-13)29-21(24-26-27-29)31-12-20(30)23-19-11-15(3)25-28(19)17-7-5-16(22)6-8-17/h4-11H,12H2,1-3H3,(H,23,30). The van der Waals surface area contributed by atoms with Crippen molar-refractivity contribution < 1.29 is 9.18 Å². The number of aryl methyl sites for hydroxylation is 3. The van der Waals surface area contributed by atoms with Crippen LogP contribution in [0, 0.1) is 26.6 Å². The molecular formula is C21H20FN7OS. The largest absolute Gasteiger partial charge is 0.310 e. The number of benzene rings is 2. The van der Waals surface area contributed by atoms with Crippen molar-refractivity contribution in [2.45, 2.75) is 25.9 Å². The van der Waals surface area contributed by atoms with E-state index < -0.39 is 0 Å². The van der Waals surface area contributed by atoms with E-state index in [-0.39, 0.29) is 17.5 Å². The highest BCUT2D eigenvalue weighted by atomic mass is 32.2. The number of thioether (sulfide) groups is 1. The van der Waals surface area contributed by atoms with Gasteiger partial charge in [-0.05, 0) is 67.1 Å². The maximum atomic E-state index is 13.2. The fourth-order valence-corrected chi connectivity index (χ4v) is 3.82. The minimum Gasteiger partial charge on any atom is -0.310 e. The van der Waals surface area contributed by atoms with E-state index in [4.69, 9.17) is 0 Å². The third kappa shape index (κ3) is 4.64. The Labute approximate surface area is 182 Å². The number of aromatic nitrogens is 6. The van der Waals surface area contributed by atoms with Crippen molar-refractivity contribution >= 4 is 23.5 Å². The molecule has 158 valence electrons. The zero-order valence-electron chi connectivity index (χ0n) is 17.2. The molecule has 0 atom stereocenters. The Morgan fingerprint density at radius 1 is 1.06 bits per heavy atom. The molecule has 0 bridgehead atoms. The van der Waals surface area contributed by atoms with Crippen LogP contribution < -0.4 is 5.32 Å². The van der Waals surface area contributed by atoms with Crippen molar-refractivity contribution in [2.24, 2.45) is 0 Å². The Balaban J connectivity index is 1.47. The number of rotatable bonds is 6. The molecule has 1 N–H and O–H groups in total. The number of anilines is 1. The van der Waals surface area contributed by atoms with Gasteiger partial charge in [-0.1, -0.05) is 29.5 Å². The van der Waals surface area contributed by atoms with E-state index in [1.54, 1.807) is 27.6 Å². The highest BCUT2D eigenvalue weighted by Gasteiger charge is 2.15. The molecule has 0 unspecified atom stereocenters. The van der Waals surface area contributed by atoms with Crippen molar-refractivity contribution in [2.75, 3.05) is 11.1 Å². The molecule has 0 aliphatic carbocycles. The van der Waals surface area contributed by atoms with Crippen molar-refractivity contribution in [3.8, 4) is 11.4 Å². The average Bonchev–Trinajstić information content (AvgIpc) is 3.33. The lowest BCUT2D eigenvalue weighted by atomic mass is 10.1. The van der Waals surface area contributed by atoms with E-state index in [1.165, 1.54) is 23.9 Å². The molecule has 1 amide bonds. The minimum atomic E-state index is -0.337. The van der Waals surface area contributed by atoms with Crippen LogP contribution in [0.2, 0.25) is 0 Å². The Bertz CT molecular complexity index is 1230. The normalized spacial score (nSPS) is 11.0. The number of halogens is 1. The monoisotopic (exact) mass is 437 g/mol. The molecule has 0 aliphatic rings. The molecule has 4 aromatic rings. The lowest BCUT2D eigenvalue weighted by molar-refractivity contribution is -0.113. The van der Waals surface area contributed by atoms with Crippen molar-refractivity contribution in [3.63, 3.8) is 0 Å². The van der Waals surface area contributed by atoms with Gasteiger partial charge in [0.1, 0.15) is 11.6 Å². The van der Waals surface area contributed by atoms with Gasteiger partial charge < -0.3 is 5.32 Å². The molecule has 8 nitrogen and oxygen atoms in total. The van der Waals surface area contributed by atoms with Crippen LogP contribution in [0.1, 0.15) is 16.8 Å². The summed E-state index contributed by atoms with van der Waals surface area (Å²) in [6, 6.07) is 13.7. The van der Waals surface area contributed by atoms with Gasteiger partial charge in [0.15, 0.2) is 0 Å². The molecule has 2 heterocycles. The lowest BCUT2D eigenvalue weighted by Gasteiger charge is -2.10. The second kappa shape index (κ2) is 8.68. The van der Waals surface area contributed by atoms with Gasteiger partial charge in [-0.15, -0.1) is 5.10 Å². The van der Waals surface area contributed by atoms with Crippen LogP contribution in [0.15, 0.2) is 53.7 Å². The quantitative estimate of drug-likeness (QED) is 0.463. The number of amides is 1. The fourth-order valence-electron chi connectivity index (χ4n) is 3.14. The molecule has 4 rings (SSSR count). The molecule has 0 fully saturated rings. The molecule has 2 aromatic carbocycles. The zero-order chi connectivity index (χ0) is 22.0. The van der Waals surface area contributed by atoms with E-state index in [1.807, 2.05) is 32.9 Å². The Morgan fingerprint density at radius 2 is 1.84 bits per heavy atom. The highest BCUT2D eigenvalue weighted by Crippen LogP contribution is 2.22. The van der Waals surface area contributed by atoms with Crippen molar-refractivity contribution in [1.82, 2.24) is 30.0 Å².